The summed E-state index contributed by atoms with van der Waals surface area (Å²) in [6.45, 7) is 9.10. The zero-order valence-corrected chi connectivity index (χ0v) is 14.2. The standard InChI is InChI=1S/C17H24N4O2/c1-12(2)19(4)10-14-9-18-16-11-20(6-7-21(14)16)17(22)15-5-8-23-13(15)3/h5,8-9,12H,6-7,10-11H2,1-4H3. The van der Waals surface area contributed by atoms with E-state index in [0.29, 0.717) is 30.5 Å². The third-order valence-electron chi connectivity index (χ3n) is 4.62. The molecule has 0 saturated heterocycles. The van der Waals surface area contributed by atoms with Gasteiger partial charge in [-0.25, -0.2) is 4.98 Å². The Kier molecular flexibility index (Phi) is 4.26. The number of carbonyl (C=O) groups excluding carboxylic acids is 1. The summed E-state index contributed by atoms with van der Waals surface area (Å²) in [6.07, 6.45) is 3.50. The van der Waals surface area contributed by atoms with Gasteiger partial charge >= 0.3 is 0 Å². The van der Waals surface area contributed by atoms with Crippen molar-refractivity contribution in [1.29, 1.82) is 0 Å². The van der Waals surface area contributed by atoms with Crippen molar-refractivity contribution >= 4 is 5.91 Å². The van der Waals surface area contributed by atoms with Gasteiger partial charge in [0.2, 0.25) is 0 Å². The highest BCUT2D eigenvalue weighted by molar-refractivity contribution is 5.95. The summed E-state index contributed by atoms with van der Waals surface area (Å²) in [5.41, 5.74) is 1.85. The maximum atomic E-state index is 12.6. The number of hydrogen-bond acceptors (Lipinski definition) is 4. The van der Waals surface area contributed by atoms with E-state index in [1.165, 1.54) is 5.69 Å². The largest absolute Gasteiger partial charge is 0.469 e. The fourth-order valence-corrected chi connectivity index (χ4v) is 2.84. The Bertz CT molecular complexity index is 701. The zero-order chi connectivity index (χ0) is 16.6. The first kappa shape index (κ1) is 15.8. The van der Waals surface area contributed by atoms with E-state index < -0.39 is 0 Å². The maximum absolute atomic E-state index is 12.6. The SMILES string of the molecule is Cc1occc1C(=O)N1CCn2c(CN(C)C(C)C)cnc2C1. The number of imidazole rings is 1. The molecule has 1 amide bonds. The monoisotopic (exact) mass is 316 g/mol. The van der Waals surface area contributed by atoms with E-state index in [-0.39, 0.29) is 5.91 Å². The molecule has 0 aliphatic carbocycles. The Morgan fingerprint density at radius 3 is 2.87 bits per heavy atom. The highest BCUT2D eigenvalue weighted by Crippen LogP contribution is 2.19. The van der Waals surface area contributed by atoms with Gasteiger partial charge in [0, 0.05) is 31.9 Å². The van der Waals surface area contributed by atoms with E-state index in [1.807, 2.05) is 18.0 Å². The fourth-order valence-electron chi connectivity index (χ4n) is 2.84. The van der Waals surface area contributed by atoms with Gasteiger partial charge in [-0.05, 0) is 33.9 Å². The van der Waals surface area contributed by atoms with Crippen LogP contribution in [0.3, 0.4) is 0 Å². The van der Waals surface area contributed by atoms with E-state index in [9.17, 15) is 4.79 Å². The van der Waals surface area contributed by atoms with Gasteiger partial charge in [0.25, 0.3) is 5.91 Å². The van der Waals surface area contributed by atoms with Crippen molar-refractivity contribution in [2.45, 2.75) is 46.4 Å². The average molecular weight is 316 g/mol. The predicted octanol–water partition coefficient (Wildman–Crippen LogP) is 2.28. The molecule has 0 radical (unpaired) electrons. The van der Waals surface area contributed by atoms with Gasteiger partial charge in [0.1, 0.15) is 11.6 Å². The Balaban J connectivity index is 1.74. The summed E-state index contributed by atoms with van der Waals surface area (Å²) >= 11 is 0. The van der Waals surface area contributed by atoms with Crippen molar-refractivity contribution in [2.75, 3.05) is 13.6 Å². The summed E-state index contributed by atoms with van der Waals surface area (Å²) < 4.78 is 7.48. The Morgan fingerprint density at radius 2 is 2.22 bits per heavy atom. The quantitative estimate of drug-likeness (QED) is 0.868. The lowest BCUT2D eigenvalue weighted by atomic mass is 10.2. The van der Waals surface area contributed by atoms with Gasteiger partial charge in [-0.1, -0.05) is 0 Å². The molecule has 0 aromatic carbocycles. The minimum absolute atomic E-state index is 0.0198. The molecule has 3 heterocycles. The number of nitrogens with zero attached hydrogens (tertiary/aromatic N) is 4. The van der Waals surface area contributed by atoms with Crippen molar-refractivity contribution in [3.63, 3.8) is 0 Å². The number of hydrogen-bond donors (Lipinski definition) is 0. The molecule has 2 aromatic heterocycles. The molecule has 0 N–H and O–H groups in total. The number of aryl methyl sites for hydroxylation is 1. The first-order chi connectivity index (χ1) is 11.0. The van der Waals surface area contributed by atoms with Gasteiger partial charge in [0.15, 0.2) is 0 Å². The number of carbonyl (C=O) groups is 1. The summed E-state index contributed by atoms with van der Waals surface area (Å²) in [4.78, 5) is 21.2. The molecule has 0 fully saturated rings. The van der Waals surface area contributed by atoms with Crippen molar-refractivity contribution in [1.82, 2.24) is 19.4 Å². The lowest BCUT2D eigenvalue weighted by Gasteiger charge is -2.29. The number of amides is 1. The second kappa shape index (κ2) is 6.20. The molecule has 0 saturated carbocycles. The topological polar surface area (TPSA) is 54.5 Å². The average Bonchev–Trinajstić information content (AvgIpc) is 3.12. The molecule has 6 nitrogen and oxygen atoms in total. The van der Waals surface area contributed by atoms with Crippen LogP contribution in [0.4, 0.5) is 0 Å². The Hall–Kier alpha value is -2.08. The van der Waals surface area contributed by atoms with Gasteiger partial charge < -0.3 is 13.9 Å². The molecular weight excluding hydrogens is 292 g/mol. The first-order valence-electron chi connectivity index (χ1n) is 8.04. The summed E-state index contributed by atoms with van der Waals surface area (Å²) in [6, 6.07) is 2.23. The van der Waals surface area contributed by atoms with E-state index >= 15 is 0 Å². The van der Waals surface area contributed by atoms with Crippen LogP contribution in [-0.4, -0.2) is 44.9 Å². The second-order valence-corrected chi connectivity index (χ2v) is 6.44. The smallest absolute Gasteiger partial charge is 0.257 e. The van der Waals surface area contributed by atoms with Crippen molar-refractivity contribution in [2.24, 2.45) is 0 Å². The molecule has 124 valence electrons. The minimum atomic E-state index is 0.0198. The minimum Gasteiger partial charge on any atom is -0.469 e. The van der Waals surface area contributed by atoms with Crippen LogP contribution < -0.4 is 0 Å². The lowest BCUT2D eigenvalue weighted by Crippen LogP contribution is -2.39. The van der Waals surface area contributed by atoms with E-state index in [0.717, 1.165) is 18.9 Å². The van der Waals surface area contributed by atoms with Gasteiger partial charge in [0.05, 0.1) is 24.1 Å². The zero-order valence-electron chi connectivity index (χ0n) is 14.2. The van der Waals surface area contributed by atoms with Crippen molar-refractivity contribution in [3.8, 4) is 0 Å². The molecule has 0 bridgehead atoms. The molecule has 2 aromatic rings. The first-order valence-corrected chi connectivity index (χ1v) is 8.04. The van der Waals surface area contributed by atoms with Crippen LogP contribution in [0.1, 0.15) is 41.5 Å². The lowest BCUT2D eigenvalue weighted by molar-refractivity contribution is 0.0703. The highest BCUT2D eigenvalue weighted by atomic mass is 16.3. The summed E-state index contributed by atoms with van der Waals surface area (Å²) in [5, 5.41) is 0. The highest BCUT2D eigenvalue weighted by Gasteiger charge is 2.26. The molecule has 1 aliphatic heterocycles. The number of aromatic nitrogens is 2. The van der Waals surface area contributed by atoms with Crippen LogP contribution in [-0.2, 0) is 19.6 Å². The van der Waals surface area contributed by atoms with Crippen molar-refractivity contribution < 1.29 is 9.21 Å². The summed E-state index contributed by atoms with van der Waals surface area (Å²) in [5.74, 6) is 1.65. The van der Waals surface area contributed by atoms with Crippen LogP contribution >= 0.6 is 0 Å². The third kappa shape index (κ3) is 3.03. The van der Waals surface area contributed by atoms with E-state index in [4.69, 9.17) is 4.42 Å². The van der Waals surface area contributed by atoms with Gasteiger partial charge in [-0.3, -0.25) is 9.69 Å². The second-order valence-electron chi connectivity index (χ2n) is 6.44. The Morgan fingerprint density at radius 1 is 1.43 bits per heavy atom. The normalized spacial score (nSPS) is 14.6. The van der Waals surface area contributed by atoms with E-state index in [1.54, 1.807) is 12.3 Å². The fraction of sp³-hybridized carbons (Fsp3) is 0.529. The van der Waals surface area contributed by atoms with Crippen molar-refractivity contribution in [3.05, 3.63) is 41.4 Å². The molecule has 23 heavy (non-hydrogen) atoms. The number of fused-ring (bicyclic) bond motifs is 1. The van der Waals surface area contributed by atoms with Gasteiger partial charge in [-0.15, -0.1) is 0 Å². The predicted molar refractivity (Wildman–Crippen MR) is 87.0 cm³/mol. The number of rotatable bonds is 4. The van der Waals surface area contributed by atoms with Gasteiger partial charge in [-0.2, -0.15) is 0 Å². The number of furan rings is 1. The molecule has 0 unspecified atom stereocenters. The Labute approximate surface area is 136 Å². The summed E-state index contributed by atoms with van der Waals surface area (Å²) in [7, 11) is 2.12. The van der Waals surface area contributed by atoms with E-state index in [2.05, 4.69) is 35.3 Å². The molecule has 1 aliphatic rings. The van der Waals surface area contributed by atoms with Crippen LogP contribution in [0.2, 0.25) is 0 Å². The molecule has 3 rings (SSSR count). The molecular formula is C17H24N4O2. The van der Waals surface area contributed by atoms with Crippen LogP contribution in [0.5, 0.6) is 0 Å². The third-order valence-corrected chi connectivity index (χ3v) is 4.62. The molecule has 6 heteroatoms. The maximum Gasteiger partial charge on any atom is 0.257 e. The van der Waals surface area contributed by atoms with Crippen LogP contribution in [0, 0.1) is 6.92 Å². The molecule has 0 spiro atoms. The molecule has 0 atom stereocenters. The van der Waals surface area contributed by atoms with Crippen LogP contribution in [0.25, 0.3) is 0 Å². The van der Waals surface area contributed by atoms with Crippen LogP contribution in [0.15, 0.2) is 22.9 Å².